The van der Waals surface area contributed by atoms with Crippen LogP contribution in [0, 0.1) is 0 Å². The molecule has 3 aromatic rings. The van der Waals surface area contributed by atoms with Gasteiger partial charge < -0.3 is 4.74 Å². The number of nitrogens with zero attached hydrogens (tertiary/aromatic N) is 1. The molecule has 0 aliphatic carbocycles. The number of hydrogen-bond donors (Lipinski definition) is 0. The minimum absolute atomic E-state index is 0.548. The largest absolute Gasteiger partial charge is 0.489 e. The zero-order valence-corrected chi connectivity index (χ0v) is 11.1. The summed E-state index contributed by atoms with van der Waals surface area (Å²) in [5, 5.41) is 0. The molecule has 0 saturated carbocycles. The normalized spacial score (nSPS) is 10.2. The van der Waals surface area contributed by atoms with E-state index in [4.69, 9.17) is 4.74 Å². The van der Waals surface area contributed by atoms with Gasteiger partial charge in [-0.05, 0) is 29.8 Å². The van der Waals surface area contributed by atoms with Crippen LogP contribution in [-0.2, 0) is 6.61 Å². The summed E-state index contributed by atoms with van der Waals surface area (Å²) >= 11 is 0. The molecule has 0 radical (unpaired) electrons. The van der Waals surface area contributed by atoms with Crippen molar-refractivity contribution < 1.29 is 4.74 Å². The molecule has 2 heteroatoms. The van der Waals surface area contributed by atoms with Crippen LogP contribution < -0.4 is 4.74 Å². The van der Waals surface area contributed by atoms with Crippen molar-refractivity contribution in [3.63, 3.8) is 0 Å². The van der Waals surface area contributed by atoms with E-state index in [0.717, 1.165) is 22.6 Å². The van der Waals surface area contributed by atoms with Crippen molar-refractivity contribution in [2.75, 3.05) is 0 Å². The number of rotatable bonds is 4. The minimum Gasteiger partial charge on any atom is -0.489 e. The van der Waals surface area contributed by atoms with Crippen LogP contribution >= 0.6 is 0 Å². The maximum atomic E-state index is 5.76. The van der Waals surface area contributed by atoms with E-state index in [-0.39, 0.29) is 0 Å². The highest BCUT2D eigenvalue weighted by atomic mass is 16.5. The molecule has 1 heterocycles. The van der Waals surface area contributed by atoms with Crippen LogP contribution in [0.15, 0.2) is 79.0 Å². The Kier molecular flexibility index (Phi) is 3.74. The highest BCUT2D eigenvalue weighted by molar-refractivity contribution is 5.59. The summed E-state index contributed by atoms with van der Waals surface area (Å²) in [7, 11) is 0. The first kappa shape index (κ1) is 12.4. The van der Waals surface area contributed by atoms with Crippen molar-refractivity contribution in [3.05, 3.63) is 84.6 Å². The number of ether oxygens (including phenoxy) is 1. The second-order valence-corrected chi connectivity index (χ2v) is 4.52. The fourth-order valence-corrected chi connectivity index (χ4v) is 2.01. The molecule has 0 aliphatic rings. The number of benzene rings is 2. The Balaban J connectivity index is 1.75. The summed E-state index contributed by atoms with van der Waals surface area (Å²) in [6, 6.07) is 24.0. The molecule has 0 bridgehead atoms. The molecule has 0 fully saturated rings. The van der Waals surface area contributed by atoms with E-state index in [1.807, 2.05) is 60.8 Å². The van der Waals surface area contributed by atoms with Crippen molar-refractivity contribution in [2.45, 2.75) is 6.61 Å². The van der Waals surface area contributed by atoms with Crippen molar-refractivity contribution >= 4 is 0 Å². The molecule has 3 rings (SSSR count). The first-order valence-corrected chi connectivity index (χ1v) is 6.60. The SMILES string of the molecule is c1ccc(OCc2ccnc(-c3ccccc3)c2)cc1. The molecule has 0 N–H and O–H groups in total. The van der Waals surface area contributed by atoms with Gasteiger partial charge in [-0.2, -0.15) is 0 Å². The molecular weight excluding hydrogens is 246 g/mol. The lowest BCUT2D eigenvalue weighted by Gasteiger charge is -2.07. The van der Waals surface area contributed by atoms with E-state index in [1.165, 1.54) is 0 Å². The van der Waals surface area contributed by atoms with E-state index in [9.17, 15) is 0 Å². The molecule has 0 atom stereocenters. The smallest absolute Gasteiger partial charge is 0.119 e. The van der Waals surface area contributed by atoms with Crippen LogP contribution in [0.4, 0.5) is 0 Å². The molecule has 0 saturated heterocycles. The Bertz CT molecular complexity index is 665. The van der Waals surface area contributed by atoms with Crippen LogP contribution in [0.1, 0.15) is 5.56 Å². The molecule has 0 aliphatic heterocycles. The molecule has 98 valence electrons. The van der Waals surface area contributed by atoms with E-state index in [0.29, 0.717) is 6.61 Å². The maximum Gasteiger partial charge on any atom is 0.119 e. The predicted molar refractivity (Wildman–Crippen MR) is 80.4 cm³/mol. The quantitative estimate of drug-likeness (QED) is 0.697. The fourth-order valence-electron chi connectivity index (χ4n) is 2.01. The molecule has 20 heavy (non-hydrogen) atoms. The van der Waals surface area contributed by atoms with Gasteiger partial charge in [0.15, 0.2) is 0 Å². The van der Waals surface area contributed by atoms with Crippen molar-refractivity contribution in [2.24, 2.45) is 0 Å². The Morgan fingerprint density at radius 3 is 2.25 bits per heavy atom. The molecule has 2 aromatic carbocycles. The summed E-state index contributed by atoms with van der Waals surface area (Å²) in [5.74, 6) is 0.880. The lowest BCUT2D eigenvalue weighted by atomic mass is 10.1. The molecule has 0 unspecified atom stereocenters. The summed E-state index contributed by atoms with van der Waals surface area (Å²) < 4.78 is 5.76. The lowest BCUT2D eigenvalue weighted by molar-refractivity contribution is 0.306. The zero-order chi connectivity index (χ0) is 13.6. The van der Waals surface area contributed by atoms with Crippen LogP contribution in [0.3, 0.4) is 0 Å². The fraction of sp³-hybridized carbons (Fsp3) is 0.0556. The first-order valence-electron chi connectivity index (χ1n) is 6.60. The summed E-state index contributed by atoms with van der Waals surface area (Å²) in [6.07, 6.45) is 1.83. The minimum atomic E-state index is 0.548. The molecule has 0 spiro atoms. The van der Waals surface area contributed by atoms with Gasteiger partial charge >= 0.3 is 0 Å². The van der Waals surface area contributed by atoms with Gasteiger partial charge in [-0.25, -0.2) is 0 Å². The summed E-state index contributed by atoms with van der Waals surface area (Å²) in [4.78, 5) is 4.41. The second-order valence-electron chi connectivity index (χ2n) is 4.52. The molecular formula is C18H15NO. The Morgan fingerprint density at radius 2 is 1.50 bits per heavy atom. The number of pyridine rings is 1. The van der Waals surface area contributed by atoms with Gasteiger partial charge in [-0.3, -0.25) is 4.98 Å². The monoisotopic (exact) mass is 261 g/mol. The van der Waals surface area contributed by atoms with Gasteiger partial charge in [-0.15, -0.1) is 0 Å². The number of hydrogen-bond acceptors (Lipinski definition) is 2. The van der Waals surface area contributed by atoms with Crippen molar-refractivity contribution in [3.8, 4) is 17.0 Å². The topological polar surface area (TPSA) is 22.1 Å². The average molecular weight is 261 g/mol. The van der Waals surface area contributed by atoms with E-state index in [2.05, 4.69) is 23.2 Å². The second kappa shape index (κ2) is 6.02. The van der Waals surface area contributed by atoms with E-state index in [1.54, 1.807) is 0 Å². The van der Waals surface area contributed by atoms with Gasteiger partial charge in [0.1, 0.15) is 12.4 Å². The molecule has 2 nitrogen and oxygen atoms in total. The van der Waals surface area contributed by atoms with Crippen LogP contribution in [0.5, 0.6) is 5.75 Å². The van der Waals surface area contributed by atoms with Gasteiger partial charge in [0.25, 0.3) is 0 Å². The lowest BCUT2D eigenvalue weighted by Crippen LogP contribution is -1.96. The average Bonchev–Trinajstić information content (AvgIpc) is 2.55. The van der Waals surface area contributed by atoms with Crippen LogP contribution in [-0.4, -0.2) is 4.98 Å². The summed E-state index contributed by atoms with van der Waals surface area (Å²) in [5.41, 5.74) is 3.21. The third-order valence-corrected chi connectivity index (χ3v) is 3.04. The highest BCUT2D eigenvalue weighted by Crippen LogP contribution is 2.18. The van der Waals surface area contributed by atoms with Gasteiger partial charge in [0.05, 0.1) is 5.69 Å². The third-order valence-electron chi connectivity index (χ3n) is 3.04. The standard InChI is InChI=1S/C18H15NO/c1-3-7-16(8-4-1)18-13-15(11-12-19-18)14-20-17-9-5-2-6-10-17/h1-13H,14H2. The van der Waals surface area contributed by atoms with Crippen LogP contribution in [0.25, 0.3) is 11.3 Å². The van der Waals surface area contributed by atoms with Crippen molar-refractivity contribution in [1.29, 1.82) is 0 Å². The zero-order valence-electron chi connectivity index (χ0n) is 11.1. The Labute approximate surface area is 118 Å². The first-order chi connectivity index (χ1) is 9.92. The molecule has 0 amide bonds. The van der Waals surface area contributed by atoms with E-state index >= 15 is 0 Å². The van der Waals surface area contributed by atoms with Gasteiger partial charge in [-0.1, -0.05) is 48.5 Å². The summed E-state index contributed by atoms with van der Waals surface area (Å²) in [6.45, 7) is 0.548. The number of para-hydroxylation sites is 1. The van der Waals surface area contributed by atoms with Gasteiger partial charge in [0, 0.05) is 11.8 Å². The Morgan fingerprint density at radius 1 is 0.800 bits per heavy atom. The van der Waals surface area contributed by atoms with Gasteiger partial charge in [0.2, 0.25) is 0 Å². The van der Waals surface area contributed by atoms with Crippen LogP contribution in [0.2, 0.25) is 0 Å². The highest BCUT2D eigenvalue weighted by Gasteiger charge is 2.01. The molecule has 1 aromatic heterocycles. The maximum absolute atomic E-state index is 5.76. The van der Waals surface area contributed by atoms with Crippen molar-refractivity contribution in [1.82, 2.24) is 4.98 Å². The Hall–Kier alpha value is -2.61. The number of aromatic nitrogens is 1. The third kappa shape index (κ3) is 3.04. The predicted octanol–water partition coefficient (Wildman–Crippen LogP) is 4.33. The van der Waals surface area contributed by atoms with E-state index < -0.39 is 0 Å².